The van der Waals surface area contributed by atoms with Crippen LogP contribution in [0, 0.1) is 0 Å². The molecule has 0 spiro atoms. The van der Waals surface area contributed by atoms with Gasteiger partial charge in [0.25, 0.3) is 0 Å². The predicted molar refractivity (Wildman–Crippen MR) is 67.9 cm³/mol. The Morgan fingerprint density at radius 3 is 1.94 bits per heavy atom. The molecule has 0 aliphatic rings. The average Bonchev–Trinajstić information content (AvgIpc) is 2.37. The van der Waals surface area contributed by atoms with E-state index in [1.54, 1.807) is 21.3 Å². The molecule has 0 saturated heterocycles. The third-order valence-corrected chi connectivity index (χ3v) is 2.71. The van der Waals surface area contributed by atoms with E-state index in [2.05, 4.69) is 6.92 Å². The van der Waals surface area contributed by atoms with Gasteiger partial charge in [-0.1, -0.05) is 13.3 Å². The number of hydrogen-bond acceptors (Lipinski definition) is 4. The molecule has 0 amide bonds. The molecule has 0 aliphatic carbocycles. The van der Waals surface area contributed by atoms with Crippen molar-refractivity contribution in [2.24, 2.45) is 5.73 Å². The van der Waals surface area contributed by atoms with Crippen molar-refractivity contribution >= 4 is 0 Å². The molecule has 0 heterocycles. The number of methoxy groups -OCH3 is 3. The second kappa shape index (κ2) is 6.35. The van der Waals surface area contributed by atoms with Gasteiger partial charge in [0.05, 0.1) is 21.3 Å². The molecule has 0 fully saturated rings. The molecule has 0 aromatic heterocycles. The highest BCUT2D eigenvalue weighted by Crippen LogP contribution is 2.39. The second-order valence-electron chi connectivity index (χ2n) is 3.85. The molecule has 0 aliphatic heterocycles. The number of hydrogen-bond donors (Lipinski definition) is 1. The largest absolute Gasteiger partial charge is 0.493 e. The summed E-state index contributed by atoms with van der Waals surface area (Å²) in [5, 5.41) is 0. The minimum Gasteiger partial charge on any atom is -0.493 e. The van der Waals surface area contributed by atoms with Crippen molar-refractivity contribution in [1.29, 1.82) is 0 Å². The molecule has 1 aromatic carbocycles. The fourth-order valence-electron chi connectivity index (χ4n) is 1.79. The van der Waals surface area contributed by atoms with Gasteiger partial charge in [-0.2, -0.15) is 0 Å². The first-order valence-corrected chi connectivity index (χ1v) is 5.73. The lowest BCUT2D eigenvalue weighted by Gasteiger charge is -2.17. The summed E-state index contributed by atoms with van der Waals surface area (Å²) in [6, 6.07) is 3.80. The average molecular weight is 239 g/mol. The minimum atomic E-state index is -0.00583. The Bertz CT molecular complexity index is 341. The van der Waals surface area contributed by atoms with Crippen LogP contribution in [0.25, 0.3) is 0 Å². The van der Waals surface area contributed by atoms with E-state index in [-0.39, 0.29) is 6.04 Å². The van der Waals surface area contributed by atoms with Crippen LogP contribution in [0.2, 0.25) is 0 Å². The summed E-state index contributed by atoms with van der Waals surface area (Å²) < 4.78 is 15.8. The highest BCUT2D eigenvalue weighted by Gasteiger charge is 2.15. The molecule has 2 N–H and O–H groups in total. The Kier molecular flexibility index (Phi) is 5.10. The highest BCUT2D eigenvalue weighted by molar-refractivity contribution is 5.54. The number of rotatable bonds is 6. The van der Waals surface area contributed by atoms with Gasteiger partial charge in [-0.15, -0.1) is 0 Å². The van der Waals surface area contributed by atoms with Gasteiger partial charge < -0.3 is 19.9 Å². The van der Waals surface area contributed by atoms with Gasteiger partial charge in [0.1, 0.15) is 0 Å². The van der Waals surface area contributed by atoms with Crippen molar-refractivity contribution in [3.8, 4) is 17.2 Å². The van der Waals surface area contributed by atoms with Crippen molar-refractivity contribution < 1.29 is 14.2 Å². The summed E-state index contributed by atoms with van der Waals surface area (Å²) in [4.78, 5) is 0. The maximum absolute atomic E-state index is 6.09. The summed E-state index contributed by atoms with van der Waals surface area (Å²) in [6.45, 7) is 2.11. The third kappa shape index (κ3) is 3.03. The Hall–Kier alpha value is -1.42. The topological polar surface area (TPSA) is 53.7 Å². The van der Waals surface area contributed by atoms with Crippen LogP contribution in [0.4, 0.5) is 0 Å². The van der Waals surface area contributed by atoms with Crippen molar-refractivity contribution in [1.82, 2.24) is 0 Å². The Labute approximate surface area is 103 Å². The van der Waals surface area contributed by atoms with Crippen LogP contribution in [0.1, 0.15) is 31.4 Å². The molecule has 1 aromatic rings. The maximum atomic E-state index is 6.09. The second-order valence-corrected chi connectivity index (χ2v) is 3.85. The first-order chi connectivity index (χ1) is 8.17. The molecule has 0 saturated carbocycles. The first-order valence-electron chi connectivity index (χ1n) is 5.73. The lowest BCUT2D eigenvalue weighted by Crippen LogP contribution is -2.10. The summed E-state index contributed by atoms with van der Waals surface area (Å²) in [5.41, 5.74) is 7.09. The summed E-state index contributed by atoms with van der Waals surface area (Å²) in [7, 11) is 4.80. The van der Waals surface area contributed by atoms with Crippen molar-refractivity contribution in [3.05, 3.63) is 17.7 Å². The van der Waals surface area contributed by atoms with E-state index < -0.39 is 0 Å². The van der Waals surface area contributed by atoms with Crippen molar-refractivity contribution in [3.63, 3.8) is 0 Å². The van der Waals surface area contributed by atoms with Crippen LogP contribution in [0.5, 0.6) is 17.2 Å². The Balaban J connectivity index is 3.17. The smallest absolute Gasteiger partial charge is 0.203 e. The fraction of sp³-hybridized carbons (Fsp3) is 0.538. The van der Waals surface area contributed by atoms with Gasteiger partial charge in [0, 0.05) is 6.04 Å². The highest BCUT2D eigenvalue weighted by atomic mass is 16.5. The van der Waals surface area contributed by atoms with Crippen molar-refractivity contribution in [2.75, 3.05) is 21.3 Å². The van der Waals surface area contributed by atoms with Gasteiger partial charge in [-0.3, -0.25) is 0 Å². The Morgan fingerprint density at radius 2 is 1.59 bits per heavy atom. The number of benzene rings is 1. The molecule has 4 nitrogen and oxygen atoms in total. The summed E-state index contributed by atoms with van der Waals surface area (Å²) >= 11 is 0. The fourth-order valence-corrected chi connectivity index (χ4v) is 1.79. The number of nitrogens with two attached hydrogens (primary N) is 1. The van der Waals surface area contributed by atoms with Crippen LogP contribution in [-0.2, 0) is 0 Å². The van der Waals surface area contributed by atoms with E-state index in [0.717, 1.165) is 18.4 Å². The third-order valence-electron chi connectivity index (χ3n) is 2.71. The van der Waals surface area contributed by atoms with Crippen LogP contribution < -0.4 is 19.9 Å². The lowest BCUT2D eigenvalue weighted by molar-refractivity contribution is 0.323. The van der Waals surface area contributed by atoms with E-state index >= 15 is 0 Å². The van der Waals surface area contributed by atoms with Crippen LogP contribution >= 0.6 is 0 Å². The maximum Gasteiger partial charge on any atom is 0.203 e. The number of ether oxygens (including phenoxy) is 3. The SMILES string of the molecule is CCCC(N)c1cc(OC)c(OC)c(OC)c1. The van der Waals surface area contributed by atoms with Crippen LogP contribution in [0.3, 0.4) is 0 Å². The van der Waals surface area contributed by atoms with Gasteiger partial charge in [-0.25, -0.2) is 0 Å². The summed E-state index contributed by atoms with van der Waals surface area (Å²) in [6.07, 6.45) is 1.97. The molecular weight excluding hydrogens is 218 g/mol. The molecular formula is C13H21NO3. The molecule has 96 valence electrons. The van der Waals surface area contributed by atoms with Gasteiger partial charge >= 0.3 is 0 Å². The molecule has 4 heteroatoms. The predicted octanol–water partition coefficient (Wildman–Crippen LogP) is 2.51. The lowest BCUT2D eigenvalue weighted by atomic mass is 10.0. The van der Waals surface area contributed by atoms with E-state index in [1.165, 1.54) is 0 Å². The zero-order valence-corrected chi connectivity index (χ0v) is 10.9. The van der Waals surface area contributed by atoms with Gasteiger partial charge in [0.2, 0.25) is 5.75 Å². The van der Waals surface area contributed by atoms with Crippen molar-refractivity contribution in [2.45, 2.75) is 25.8 Å². The monoisotopic (exact) mass is 239 g/mol. The standard InChI is InChI=1S/C13H21NO3/c1-5-6-10(14)9-7-11(15-2)13(17-4)12(8-9)16-3/h7-8,10H,5-6,14H2,1-4H3. The molecule has 0 bridgehead atoms. The van der Waals surface area contributed by atoms with E-state index in [0.29, 0.717) is 17.2 Å². The summed E-state index contributed by atoms with van der Waals surface area (Å²) in [5.74, 6) is 1.89. The van der Waals surface area contributed by atoms with Crippen LogP contribution in [-0.4, -0.2) is 21.3 Å². The zero-order chi connectivity index (χ0) is 12.8. The van der Waals surface area contributed by atoms with Gasteiger partial charge in [-0.05, 0) is 24.1 Å². The quantitative estimate of drug-likeness (QED) is 0.828. The minimum absolute atomic E-state index is 0.00583. The van der Waals surface area contributed by atoms with E-state index in [4.69, 9.17) is 19.9 Å². The van der Waals surface area contributed by atoms with E-state index in [9.17, 15) is 0 Å². The Morgan fingerprint density at radius 1 is 1.06 bits per heavy atom. The molecule has 1 rings (SSSR count). The molecule has 17 heavy (non-hydrogen) atoms. The van der Waals surface area contributed by atoms with Gasteiger partial charge in [0.15, 0.2) is 11.5 Å². The molecule has 1 atom stereocenters. The van der Waals surface area contributed by atoms with Crippen LogP contribution in [0.15, 0.2) is 12.1 Å². The van der Waals surface area contributed by atoms with E-state index in [1.807, 2.05) is 12.1 Å². The zero-order valence-electron chi connectivity index (χ0n) is 10.9. The normalized spacial score (nSPS) is 12.1. The first kappa shape index (κ1) is 13.6. The molecule has 1 unspecified atom stereocenters. The molecule has 0 radical (unpaired) electrons.